The van der Waals surface area contributed by atoms with Crippen LogP contribution in [0, 0.1) is 23.7 Å². The van der Waals surface area contributed by atoms with E-state index in [-0.39, 0.29) is 23.8 Å². The number of carbonyl (C=O) groups excluding carboxylic acids is 2. The molecule has 0 amide bonds. The number of carbonyl (C=O) groups is 2. The minimum atomic E-state index is -0.847. The predicted octanol–water partition coefficient (Wildman–Crippen LogP) is 6.03. The third-order valence-corrected chi connectivity index (χ3v) is 6.57. The molecule has 0 bridgehead atoms. The van der Waals surface area contributed by atoms with Gasteiger partial charge in [0.1, 0.15) is 17.8 Å². The minimum absolute atomic E-state index is 0.115. The fourth-order valence-electron chi connectivity index (χ4n) is 4.91. The van der Waals surface area contributed by atoms with E-state index in [1.807, 2.05) is 60.7 Å². The summed E-state index contributed by atoms with van der Waals surface area (Å²) in [5.74, 6) is -0.397. The van der Waals surface area contributed by atoms with Crippen molar-refractivity contribution in [1.82, 2.24) is 0 Å². The molecule has 4 atom stereocenters. The van der Waals surface area contributed by atoms with Gasteiger partial charge in [0.05, 0.1) is 0 Å². The van der Waals surface area contributed by atoms with E-state index in [0.717, 1.165) is 24.0 Å². The average molecular weight is 407 g/mol. The van der Waals surface area contributed by atoms with Gasteiger partial charge in [0, 0.05) is 5.92 Å². The first kappa shape index (κ1) is 22.3. The van der Waals surface area contributed by atoms with Crippen molar-refractivity contribution >= 4 is 11.8 Å². The number of benzene rings is 2. The van der Waals surface area contributed by atoms with Crippen LogP contribution in [0.4, 0.5) is 0 Å². The Kier molecular flexibility index (Phi) is 7.47. The van der Waals surface area contributed by atoms with Gasteiger partial charge in [-0.1, -0.05) is 87.9 Å². The van der Waals surface area contributed by atoms with Crippen molar-refractivity contribution in [3.05, 3.63) is 71.8 Å². The van der Waals surface area contributed by atoms with Gasteiger partial charge in [-0.15, -0.1) is 0 Å². The fraction of sp³-hybridized carbons (Fsp3) is 0.481. The molecule has 1 aliphatic carbocycles. The average Bonchev–Trinajstić information content (AvgIpc) is 2.72. The summed E-state index contributed by atoms with van der Waals surface area (Å²) < 4.78 is 6.12. The van der Waals surface area contributed by atoms with Crippen LogP contribution in [0.1, 0.15) is 64.0 Å². The van der Waals surface area contributed by atoms with E-state index in [1.54, 1.807) is 0 Å². The standard InChI is InChI=1S/C27H34O3/c1-18(2)23-16-15-19(3)17-24(23)30-27(29)25(20(4)28)26(21-11-7-5-8-12-21)22-13-9-6-10-14-22/h5-14,18-19,23-26H,15-17H2,1-4H3/t19-,23+,24+,25+/m0/s1. The van der Waals surface area contributed by atoms with E-state index < -0.39 is 5.92 Å². The van der Waals surface area contributed by atoms with Crippen molar-refractivity contribution in [2.24, 2.45) is 23.7 Å². The summed E-state index contributed by atoms with van der Waals surface area (Å²) in [5.41, 5.74) is 1.91. The molecule has 0 aromatic heterocycles. The van der Waals surface area contributed by atoms with Crippen LogP contribution in [0.15, 0.2) is 60.7 Å². The summed E-state index contributed by atoms with van der Waals surface area (Å²) in [7, 11) is 0. The number of ether oxygens (including phenoxy) is 1. The zero-order valence-corrected chi connectivity index (χ0v) is 18.6. The lowest BCUT2D eigenvalue weighted by Gasteiger charge is -2.37. The van der Waals surface area contributed by atoms with Crippen LogP contribution in [-0.4, -0.2) is 17.9 Å². The van der Waals surface area contributed by atoms with Crippen LogP contribution < -0.4 is 0 Å². The van der Waals surface area contributed by atoms with Crippen LogP contribution in [0.3, 0.4) is 0 Å². The van der Waals surface area contributed by atoms with Crippen LogP contribution in [0.5, 0.6) is 0 Å². The molecule has 0 aliphatic heterocycles. The van der Waals surface area contributed by atoms with Crippen LogP contribution in [0.2, 0.25) is 0 Å². The lowest BCUT2D eigenvalue weighted by Crippen LogP contribution is -2.40. The molecule has 1 saturated carbocycles. The van der Waals surface area contributed by atoms with Gasteiger partial charge < -0.3 is 4.74 Å². The first-order chi connectivity index (χ1) is 14.4. The lowest BCUT2D eigenvalue weighted by molar-refractivity contribution is -0.163. The second-order valence-electron chi connectivity index (χ2n) is 9.19. The Bertz CT molecular complexity index is 788. The van der Waals surface area contributed by atoms with E-state index in [9.17, 15) is 9.59 Å². The Labute approximate surface area is 180 Å². The molecule has 2 aromatic rings. The normalized spacial score (nSPS) is 22.7. The monoisotopic (exact) mass is 406 g/mol. The van der Waals surface area contributed by atoms with Gasteiger partial charge in [-0.3, -0.25) is 9.59 Å². The molecule has 0 unspecified atom stereocenters. The van der Waals surface area contributed by atoms with Crippen LogP contribution in [0.25, 0.3) is 0 Å². The predicted molar refractivity (Wildman–Crippen MR) is 120 cm³/mol. The molecular formula is C27H34O3. The van der Waals surface area contributed by atoms with E-state index in [0.29, 0.717) is 17.8 Å². The van der Waals surface area contributed by atoms with E-state index in [2.05, 4.69) is 20.8 Å². The Morgan fingerprint density at radius 3 is 1.90 bits per heavy atom. The Balaban J connectivity index is 1.93. The largest absolute Gasteiger partial charge is 0.461 e. The maximum absolute atomic E-state index is 13.5. The fourth-order valence-corrected chi connectivity index (χ4v) is 4.91. The highest BCUT2D eigenvalue weighted by molar-refractivity contribution is 5.99. The first-order valence-electron chi connectivity index (χ1n) is 11.2. The molecule has 160 valence electrons. The maximum Gasteiger partial charge on any atom is 0.317 e. The summed E-state index contributed by atoms with van der Waals surface area (Å²) in [5, 5.41) is 0. The smallest absolute Gasteiger partial charge is 0.317 e. The van der Waals surface area contributed by atoms with Crippen molar-refractivity contribution in [1.29, 1.82) is 0 Å². The molecule has 0 radical (unpaired) electrons. The summed E-state index contributed by atoms with van der Waals surface area (Å²) in [4.78, 5) is 26.3. The summed E-state index contributed by atoms with van der Waals surface area (Å²) in [6.07, 6.45) is 3.00. The third kappa shape index (κ3) is 5.19. The van der Waals surface area contributed by atoms with Gasteiger partial charge >= 0.3 is 5.97 Å². The highest BCUT2D eigenvalue weighted by Crippen LogP contribution is 2.38. The molecule has 3 heteroatoms. The SMILES string of the molecule is CC(=O)[C@@H](C(=O)O[C@@H]1C[C@@H](C)CC[C@@H]1C(C)C)C(c1ccccc1)c1ccccc1. The molecule has 1 fully saturated rings. The van der Waals surface area contributed by atoms with Gasteiger partial charge in [-0.2, -0.15) is 0 Å². The highest BCUT2D eigenvalue weighted by atomic mass is 16.5. The van der Waals surface area contributed by atoms with Gasteiger partial charge in [-0.25, -0.2) is 0 Å². The minimum Gasteiger partial charge on any atom is -0.461 e. The van der Waals surface area contributed by atoms with Crippen molar-refractivity contribution in [3.63, 3.8) is 0 Å². The van der Waals surface area contributed by atoms with Crippen molar-refractivity contribution in [2.75, 3.05) is 0 Å². The molecule has 0 N–H and O–H groups in total. The number of Topliss-reactive ketones (excluding diaryl/α,β-unsaturated/α-hetero) is 1. The summed E-state index contributed by atoms with van der Waals surface area (Å²) >= 11 is 0. The van der Waals surface area contributed by atoms with Crippen molar-refractivity contribution < 1.29 is 14.3 Å². The molecule has 2 aromatic carbocycles. The number of rotatable bonds is 7. The topological polar surface area (TPSA) is 43.4 Å². The number of esters is 1. The summed E-state index contributed by atoms with van der Waals surface area (Å²) in [6.45, 7) is 8.12. The maximum atomic E-state index is 13.5. The number of hydrogen-bond acceptors (Lipinski definition) is 3. The van der Waals surface area contributed by atoms with Gasteiger partial charge in [0.2, 0.25) is 0 Å². The second-order valence-corrected chi connectivity index (χ2v) is 9.19. The molecule has 0 heterocycles. The van der Waals surface area contributed by atoms with E-state index in [1.165, 1.54) is 13.3 Å². The molecule has 1 aliphatic rings. The van der Waals surface area contributed by atoms with Crippen molar-refractivity contribution in [3.8, 4) is 0 Å². The molecule has 0 saturated heterocycles. The molecule has 3 nitrogen and oxygen atoms in total. The number of ketones is 1. The summed E-state index contributed by atoms with van der Waals surface area (Å²) in [6, 6.07) is 19.6. The molecular weight excluding hydrogens is 372 g/mol. The van der Waals surface area contributed by atoms with Crippen LogP contribution >= 0.6 is 0 Å². The van der Waals surface area contributed by atoms with Gasteiger partial charge in [0.25, 0.3) is 0 Å². The van der Waals surface area contributed by atoms with Crippen molar-refractivity contribution in [2.45, 2.75) is 59.0 Å². The van der Waals surface area contributed by atoms with Crippen LogP contribution in [-0.2, 0) is 14.3 Å². The third-order valence-electron chi connectivity index (χ3n) is 6.57. The quantitative estimate of drug-likeness (QED) is 0.417. The Hall–Kier alpha value is -2.42. The zero-order chi connectivity index (χ0) is 21.7. The Morgan fingerprint density at radius 1 is 0.900 bits per heavy atom. The second kappa shape index (κ2) is 10.1. The highest BCUT2D eigenvalue weighted by Gasteiger charge is 2.40. The number of hydrogen-bond donors (Lipinski definition) is 0. The van der Waals surface area contributed by atoms with Gasteiger partial charge in [-0.05, 0) is 48.6 Å². The Morgan fingerprint density at radius 2 is 1.43 bits per heavy atom. The molecule has 30 heavy (non-hydrogen) atoms. The van der Waals surface area contributed by atoms with E-state index >= 15 is 0 Å². The first-order valence-corrected chi connectivity index (χ1v) is 11.2. The van der Waals surface area contributed by atoms with Gasteiger partial charge in [0.15, 0.2) is 0 Å². The van der Waals surface area contributed by atoms with E-state index in [4.69, 9.17) is 4.74 Å². The lowest BCUT2D eigenvalue weighted by atomic mass is 9.75. The zero-order valence-electron chi connectivity index (χ0n) is 18.6. The molecule has 3 rings (SSSR count). The molecule has 0 spiro atoms.